The lowest BCUT2D eigenvalue weighted by Crippen LogP contribution is -2.51. The number of aromatic nitrogens is 2. The molecule has 8 nitrogen and oxygen atoms in total. The van der Waals surface area contributed by atoms with Gasteiger partial charge in [0.2, 0.25) is 11.9 Å². The summed E-state index contributed by atoms with van der Waals surface area (Å²) in [5, 5.41) is 3.32. The van der Waals surface area contributed by atoms with Gasteiger partial charge in [-0.1, -0.05) is 42.5 Å². The van der Waals surface area contributed by atoms with E-state index < -0.39 is 0 Å². The van der Waals surface area contributed by atoms with Crippen molar-refractivity contribution in [1.29, 1.82) is 0 Å². The molecule has 36 heavy (non-hydrogen) atoms. The summed E-state index contributed by atoms with van der Waals surface area (Å²) in [5.74, 6) is 2.56. The minimum atomic E-state index is 0.0804. The zero-order chi connectivity index (χ0) is 24.7. The topological polar surface area (TPSA) is 73.8 Å². The van der Waals surface area contributed by atoms with Gasteiger partial charge >= 0.3 is 0 Å². The number of nitrogens with zero attached hydrogens (tertiary/aromatic N) is 5. The molecule has 2 aliphatic heterocycles. The summed E-state index contributed by atoms with van der Waals surface area (Å²) in [5.41, 5.74) is 2.19. The minimum absolute atomic E-state index is 0.0804. The normalized spacial score (nSPS) is 17.1. The summed E-state index contributed by atoms with van der Waals surface area (Å²) in [7, 11) is 1.65. The molecule has 1 aromatic heterocycles. The van der Waals surface area contributed by atoms with E-state index in [1.165, 1.54) is 5.56 Å². The Kier molecular flexibility index (Phi) is 7.61. The number of piperazine rings is 1. The van der Waals surface area contributed by atoms with Gasteiger partial charge in [0.15, 0.2) is 0 Å². The molecule has 2 fully saturated rings. The molecule has 5 rings (SSSR count). The molecule has 8 heteroatoms. The third kappa shape index (κ3) is 5.76. The van der Waals surface area contributed by atoms with Crippen LogP contribution in [0.15, 0.2) is 66.9 Å². The average molecular weight is 487 g/mol. The Bertz CT molecular complexity index is 1140. The maximum absolute atomic E-state index is 13.2. The summed E-state index contributed by atoms with van der Waals surface area (Å²) in [6, 6.07) is 20.2. The van der Waals surface area contributed by atoms with Crippen LogP contribution in [0.25, 0.3) is 0 Å². The Morgan fingerprint density at radius 3 is 2.42 bits per heavy atom. The van der Waals surface area contributed by atoms with Gasteiger partial charge in [0, 0.05) is 57.9 Å². The number of rotatable bonds is 7. The van der Waals surface area contributed by atoms with E-state index >= 15 is 0 Å². The largest absolute Gasteiger partial charge is 0.495 e. The SMILES string of the molecule is COc1ccccc1Nc1ccnc(N2CCC(C(=O)N3CCN(Cc4ccccc4)CC3)CC2)n1. The molecule has 2 aromatic carbocycles. The van der Waals surface area contributed by atoms with Crippen LogP contribution in [0.3, 0.4) is 0 Å². The molecule has 0 saturated carbocycles. The van der Waals surface area contributed by atoms with Crippen molar-refractivity contribution >= 4 is 23.4 Å². The van der Waals surface area contributed by atoms with Gasteiger partial charge in [0.25, 0.3) is 0 Å². The molecule has 0 atom stereocenters. The lowest BCUT2D eigenvalue weighted by molar-refractivity contribution is -0.138. The molecule has 188 valence electrons. The fraction of sp³-hybridized carbons (Fsp3) is 0.393. The molecule has 2 saturated heterocycles. The molecule has 0 unspecified atom stereocenters. The molecule has 1 amide bonds. The fourth-order valence-corrected chi connectivity index (χ4v) is 5.01. The zero-order valence-corrected chi connectivity index (χ0v) is 20.8. The Morgan fingerprint density at radius 2 is 1.67 bits per heavy atom. The number of anilines is 3. The highest BCUT2D eigenvalue weighted by molar-refractivity contribution is 5.79. The van der Waals surface area contributed by atoms with Crippen LogP contribution < -0.4 is 15.0 Å². The maximum atomic E-state index is 13.2. The van der Waals surface area contributed by atoms with Crippen molar-refractivity contribution in [2.45, 2.75) is 19.4 Å². The van der Waals surface area contributed by atoms with Gasteiger partial charge in [0.1, 0.15) is 11.6 Å². The van der Waals surface area contributed by atoms with E-state index in [4.69, 9.17) is 9.72 Å². The van der Waals surface area contributed by atoms with E-state index in [2.05, 4.69) is 49.3 Å². The van der Waals surface area contributed by atoms with Crippen LogP contribution in [0.5, 0.6) is 5.75 Å². The van der Waals surface area contributed by atoms with Crippen molar-refractivity contribution in [3.8, 4) is 5.75 Å². The highest BCUT2D eigenvalue weighted by Crippen LogP contribution is 2.28. The monoisotopic (exact) mass is 486 g/mol. The van der Waals surface area contributed by atoms with Gasteiger partial charge in [-0.3, -0.25) is 9.69 Å². The van der Waals surface area contributed by atoms with E-state index in [9.17, 15) is 4.79 Å². The summed E-state index contributed by atoms with van der Waals surface area (Å²) < 4.78 is 5.43. The predicted molar refractivity (Wildman–Crippen MR) is 142 cm³/mol. The van der Waals surface area contributed by atoms with Crippen LogP contribution in [0.4, 0.5) is 17.5 Å². The number of ether oxygens (including phenoxy) is 1. The van der Waals surface area contributed by atoms with Gasteiger partial charge < -0.3 is 19.9 Å². The van der Waals surface area contributed by atoms with E-state index in [0.717, 1.165) is 75.9 Å². The van der Waals surface area contributed by atoms with Gasteiger partial charge in [-0.2, -0.15) is 4.98 Å². The molecule has 3 aromatic rings. The first kappa shape index (κ1) is 24.1. The molecule has 2 aliphatic rings. The number of benzene rings is 2. The first-order valence-corrected chi connectivity index (χ1v) is 12.7. The van der Waals surface area contributed by atoms with Gasteiger partial charge in [0.05, 0.1) is 12.8 Å². The highest BCUT2D eigenvalue weighted by Gasteiger charge is 2.31. The number of nitrogens with one attached hydrogen (secondary N) is 1. The molecule has 1 N–H and O–H groups in total. The molecular formula is C28H34N6O2. The van der Waals surface area contributed by atoms with E-state index in [0.29, 0.717) is 11.9 Å². The van der Waals surface area contributed by atoms with Crippen molar-refractivity contribution in [3.05, 3.63) is 72.4 Å². The molecule has 0 aliphatic carbocycles. The number of hydrogen-bond donors (Lipinski definition) is 1. The number of para-hydroxylation sites is 2. The van der Waals surface area contributed by atoms with Gasteiger partial charge in [-0.15, -0.1) is 0 Å². The minimum Gasteiger partial charge on any atom is -0.495 e. The van der Waals surface area contributed by atoms with Crippen molar-refractivity contribution in [2.24, 2.45) is 5.92 Å². The van der Waals surface area contributed by atoms with Crippen LogP contribution in [0.1, 0.15) is 18.4 Å². The molecule has 0 spiro atoms. The number of methoxy groups -OCH3 is 1. The van der Waals surface area contributed by atoms with E-state index in [1.807, 2.05) is 36.4 Å². The van der Waals surface area contributed by atoms with E-state index in [1.54, 1.807) is 13.3 Å². The Labute approximate surface area is 212 Å². The van der Waals surface area contributed by atoms with Crippen LogP contribution >= 0.6 is 0 Å². The summed E-state index contributed by atoms with van der Waals surface area (Å²) in [6.07, 6.45) is 3.43. The third-order valence-electron chi connectivity index (χ3n) is 7.07. The van der Waals surface area contributed by atoms with Crippen LogP contribution in [-0.2, 0) is 11.3 Å². The lowest BCUT2D eigenvalue weighted by Gasteiger charge is -2.38. The van der Waals surface area contributed by atoms with Crippen molar-refractivity contribution in [1.82, 2.24) is 19.8 Å². The second kappa shape index (κ2) is 11.4. The number of hydrogen-bond acceptors (Lipinski definition) is 7. The quantitative estimate of drug-likeness (QED) is 0.545. The maximum Gasteiger partial charge on any atom is 0.227 e. The van der Waals surface area contributed by atoms with Crippen LogP contribution in [0, 0.1) is 5.92 Å². The van der Waals surface area contributed by atoms with Gasteiger partial charge in [-0.25, -0.2) is 4.98 Å². The van der Waals surface area contributed by atoms with Crippen LogP contribution in [-0.4, -0.2) is 72.1 Å². The smallest absolute Gasteiger partial charge is 0.227 e. The second-order valence-electron chi connectivity index (χ2n) is 9.42. The number of piperidine rings is 1. The molecule has 3 heterocycles. The van der Waals surface area contributed by atoms with Crippen molar-refractivity contribution in [3.63, 3.8) is 0 Å². The van der Waals surface area contributed by atoms with Crippen molar-refractivity contribution in [2.75, 3.05) is 56.6 Å². The number of carbonyl (C=O) groups is 1. The predicted octanol–water partition coefficient (Wildman–Crippen LogP) is 3.79. The van der Waals surface area contributed by atoms with Crippen LogP contribution in [0.2, 0.25) is 0 Å². The van der Waals surface area contributed by atoms with Gasteiger partial charge in [-0.05, 0) is 36.6 Å². The Morgan fingerprint density at radius 1 is 0.944 bits per heavy atom. The first-order chi connectivity index (χ1) is 17.7. The zero-order valence-electron chi connectivity index (χ0n) is 20.8. The molecule has 0 bridgehead atoms. The first-order valence-electron chi connectivity index (χ1n) is 12.7. The molecular weight excluding hydrogens is 452 g/mol. The average Bonchev–Trinajstić information content (AvgIpc) is 2.94. The number of carbonyl (C=O) groups excluding carboxylic acids is 1. The summed E-state index contributed by atoms with van der Waals surface area (Å²) >= 11 is 0. The lowest BCUT2D eigenvalue weighted by atomic mass is 9.95. The fourth-order valence-electron chi connectivity index (χ4n) is 5.01. The Hall–Kier alpha value is -3.65. The number of amides is 1. The second-order valence-corrected chi connectivity index (χ2v) is 9.42. The standard InChI is InChI=1S/C28H34N6O2/c1-36-25-10-6-5-9-24(25)30-26-11-14-29-28(31-26)34-15-12-23(13-16-34)27(35)33-19-17-32(18-20-33)21-22-7-3-2-4-8-22/h2-11,14,23H,12-13,15-21H2,1H3,(H,29,30,31). The molecule has 0 radical (unpaired) electrons. The Balaban J connectivity index is 1.12. The summed E-state index contributed by atoms with van der Waals surface area (Å²) in [6.45, 7) is 5.99. The van der Waals surface area contributed by atoms with Crippen molar-refractivity contribution < 1.29 is 9.53 Å². The van der Waals surface area contributed by atoms with E-state index in [-0.39, 0.29) is 5.92 Å². The summed E-state index contributed by atoms with van der Waals surface area (Å²) in [4.78, 5) is 29.1. The highest BCUT2D eigenvalue weighted by atomic mass is 16.5. The third-order valence-corrected chi connectivity index (χ3v) is 7.07.